The van der Waals surface area contributed by atoms with Crippen LogP contribution in [-0.2, 0) is 45.2 Å². The summed E-state index contributed by atoms with van der Waals surface area (Å²) in [5.74, 6) is 0.905. The predicted molar refractivity (Wildman–Crippen MR) is 176 cm³/mol. The Kier molecular flexibility index (Phi) is 11.3. The van der Waals surface area contributed by atoms with Gasteiger partial charge in [-0.15, -0.1) is 0 Å². The van der Waals surface area contributed by atoms with E-state index >= 15 is 0 Å². The number of hydrogen-bond acceptors (Lipinski definition) is 6. The number of benzene rings is 4. The van der Waals surface area contributed by atoms with Crippen molar-refractivity contribution in [2.45, 2.75) is 70.0 Å². The average Bonchev–Trinajstić information content (AvgIpc) is 3.61. The molecule has 0 bridgehead atoms. The monoisotopic (exact) mass is 607 g/mol. The molecule has 2 heterocycles. The van der Waals surface area contributed by atoms with E-state index < -0.39 is 0 Å². The maximum absolute atomic E-state index is 6.75. The van der Waals surface area contributed by atoms with Gasteiger partial charge in [0, 0.05) is 25.6 Å². The zero-order valence-electron chi connectivity index (χ0n) is 26.2. The third-order valence-electron chi connectivity index (χ3n) is 8.84. The summed E-state index contributed by atoms with van der Waals surface area (Å²) >= 11 is 0. The Balaban J connectivity index is 1.18. The van der Waals surface area contributed by atoms with Crippen LogP contribution in [0.15, 0.2) is 115 Å². The summed E-state index contributed by atoms with van der Waals surface area (Å²) in [6.07, 6.45) is 1.47. The zero-order chi connectivity index (χ0) is 30.7. The van der Waals surface area contributed by atoms with E-state index in [2.05, 4.69) is 109 Å². The lowest BCUT2D eigenvalue weighted by molar-refractivity contribution is -0.200. The second-order valence-corrected chi connectivity index (χ2v) is 12.1. The van der Waals surface area contributed by atoms with Gasteiger partial charge in [0.05, 0.1) is 39.1 Å². The van der Waals surface area contributed by atoms with Crippen molar-refractivity contribution < 1.29 is 23.7 Å². The Morgan fingerprint density at radius 3 is 1.76 bits per heavy atom. The van der Waals surface area contributed by atoms with E-state index in [1.165, 1.54) is 5.56 Å². The molecule has 0 saturated carbocycles. The fourth-order valence-electron chi connectivity index (χ4n) is 6.19. The Labute approximate surface area is 267 Å². The Morgan fingerprint density at radius 2 is 1.20 bits per heavy atom. The highest BCUT2D eigenvalue weighted by atomic mass is 16.6. The van der Waals surface area contributed by atoms with Crippen molar-refractivity contribution in [1.29, 1.82) is 0 Å². The van der Waals surface area contributed by atoms with E-state index in [0.717, 1.165) is 55.0 Å². The molecule has 0 aliphatic carbocycles. The van der Waals surface area contributed by atoms with Crippen LogP contribution in [-0.4, -0.2) is 61.7 Å². The molecule has 6 nitrogen and oxygen atoms in total. The molecule has 4 aromatic rings. The molecule has 2 saturated heterocycles. The van der Waals surface area contributed by atoms with Crippen molar-refractivity contribution in [3.63, 3.8) is 0 Å². The summed E-state index contributed by atoms with van der Waals surface area (Å²) in [4.78, 5) is 2.51. The summed E-state index contributed by atoms with van der Waals surface area (Å²) in [7, 11) is 0. The van der Waals surface area contributed by atoms with E-state index in [0.29, 0.717) is 26.4 Å². The standard InChI is InChI=1S/C39H45NO5/c1-30-38(43-27-33-13-7-3-8-14-33)39(44-28-34-15-9-4-10-16-34)37(42-26-32-11-5-2-6-12-32)25-40(30)23-21-31-17-19-35(20-18-31)45-36-22-24-41-29-36/h2-20,30,36-39H,21-29H2,1H3/t30-,36?,37+,38-,39-/m1/s1. The maximum atomic E-state index is 6.75. The van der Waals surface area contributed by atoms with Crippen molar-refractivity contribution in [2.24, 2.45) is 0 Å². The first kappa shape index (κ1) is 31.5. The molecule has 2 aliphatic heterocycles. The van der Waals surface area contributed by atoms with Gasteiger partial charge in [-0.3, -0.25) is 4.90 Å². The number of ether oxygens (including phenoxy) is 5. The van der Waals surface area contributed by atoms with Crippen molar-refractivity contribution in [1.82, 2.24) is 4.90 Å². The first-order chi connectivity index (χ1) is 22.2. The van der Waals surface area contributed by atoms with Gasteiger partial charge in [0.1, 0.15) is 24.1 Å². The smallest absolute Gasteiger partial charge is 0.124 e. The van der Waals surface area contributed by atoms with Gasteiger partial charge >= 0.3 is 0 Å². The molecule has 1 unspecified atom stereocenters. The van der Waals surface area contributed by atoms with Gasteiger partial charge < -0.3 is 23.7 Å². The molecular formula is C39H45NO5. The Bertz CT molecular complexity index is 1400. The van der Waals surface area contributed by atoms with Gasteiger partial charge in [-0.2, -0.15) is 0 Å². The van der Waals surface area contributed by atoms with Gasteiger partial charge in [0.15, 0.2) is 0 Å². The lowest BCUT2D eigenvalue weighted by atomic mass is 9.93. The van der Waals surface area contributed by atoms with Crippen molar-refractivity contribution in [3.05, 3.63) is 138 Å². The molecule has 6 heteroatoms. The second kappa shape index (κ2) is 16.2. The van der Waals surface area contributed by atoms with E-state index in [1.807, 2.05) is 18.2 Å². The van der Waals surface area contributed by atoms with E-state index in [-0.39, 0.29) is 30.5 Å². The van der Waals surface area contributed by atoms with E-state index in [9.17, 15) is 0 Å². The molecule has 0 amide bonds. The predicted octanol–water partition coefficient (Wildman–Crippen LogP) is 6.86. The van der Waals surface area contributed by atoms with E-state index in [1.54, 1.807) is 0 Å². The maximum Gasteiger partial charge on any atom is 0.124 e. The first-order valence-electron chi connectivity index (χ1n) is 16.3. The molecule has 0 radical (unpaired) electrons. The lowest BCUT2D eigenvalue weighted by Crippen LogP contribution is -2.62. The summed E-state index contributed by atoms with van der Waals surface area (Å²) in [5.41, 5.74) is 4.72. The SMILES string of the molecule is C[C@@H]1[C@@H](OCc2ccccc2)[C@H](OCc2ccccc2)[C@@H](OCc2ccccc2)CN1CCc1ccc(OC2CCOC2)cc1. The normalized spacial score (nSPS) is 23.6. The Hall–Kier alpha value is -3.52. The van der Waals surface area contributed by atoms with Crippen LogP contribution >= 0.6 is 0 Å². The number of nitrogens with zero attached hydrogens (tertiary/aromatic N) is 1. The Morgan fingerprint density at radius 1 is 0.644 bits per heavy atom. The zero-order valence-corrected chi connectivity index (χ0v) is 26.2. The summed E-state index contributed by atoms with van der Waals surface area (Å²) in [6.45, 7) is 6.93. The van der Waals surface area contributed by atoms with E-state index in [4.69, 9.17) is 23.7 Å². The van der Waals surface area contributed by atoms with Gasteiger partial charge in [-0.1, -0.05) is 103 Å². The molecule has 236 valence electrons. The summed E-state index contributed by atoms with van der Waals surface area (Å²) in [5, 5.41) is 0. The summed E-state index contributed by atoms with van der Waals surface area (Å²) < 4.78 is 31.7. The molecule has 45 heavy (non-hydrogen) atoms. The number of piperidine rings is 1. The van der Waals surface area contributed by atoms with Crippen LogP contribution in [0.1, 0.15) is 35.6 Å². The molecule has 2 aliphatic rings. The molecular weight excluding hydrogens is 562 g/mol. The molecule has 0 N–H and O–H groups in total. The average molecular weight is 608 g/mol. The number of hydrogen-bond donors (Lipinski definition) is 0. The minimum absolute atomic E-state index is 0.135. The van der Waals surface area contributed by atoms with Gasteiger partial charge in [0.2, 0.25) is 0 Å². The quantitative estimate of drug-likeness (QED) is 0.156. The third-order valence-corrected chi connectivity index (χ3v) is 8.84. The number of rotatable bonds is 14. The minimum atomic E-state index is -0.222. The van der Waals surface area contributed by atoms with Crippen molar-refractivity contribution >= 4 is 0 Å². The molecule has 2 fully saturated rings. The van der Waals surface area contributed by atoms with Crippen LogP contribution in [0.3, 0.4) is 0 Å². The summed E-state index contributed by atoms with van der Waals surface area (Å²) in [6, 6.07) is 39.8. The van der Waals surface area contributed by atoms with Gasteiger partial charge in [0.25, 0.3) is 0 Å². The van der Waals surface area contributed by atoms with Crippen LogP contribution < -0.4 is 4.74 Å². The first-order valence-corrected chi connectivity index (χ1v) is 16.3. The van der Waals surface area contributed by atoms with Crippen LogP contribution in [0.2, 0.25) is 0 Å². The van der Waals surface area contributed by atoms with Crippen molar-refractivity contribution in [3.8, 4) is 5.75 Å². The minimum Gasteiger partial charge on any atom is -0.488 e. The van der Waals surface area contributed by atoms with Crippen LogP contribution in [0.25, 0.3) is 0 Å². The molecule has 0 spiro atoms. The van der Waals surface area contributed by atoms with Gasteiger partial charge in [-0.05, 0) is 47.7 Å². The fourth-order valence-corrected chi connectivity index (χ4v) is 6.19. The topological polar surface area (TPSA) is 49.4 Å². The van der Waals surface area contributed by atoms with Crippen molar-refractivity contribution in [2.75, 3.05) is 26.3 Å². The highest BCUT2D eigenvalue weighted by molar-refractivity contribution is 5.28. The molecule has 0 aromatic heterocycles. The third kappa shape index (κ3) is 9.03. The highest BCUT2D eigenvalue weighted by Crippen LogP contribution is 2.29. The van der Waals surface area contributed by atoms with Crippen LogP contribution in [0, 0.1) is 0 Å². The second-order valence-electron chi connectivity index (χ2n) is 12.1. The molecule has 6 rings (SSSR count). The van der Waals surface area contributed by atoms with Crippen LogP contribution in [0.4, 0.5) is 0 Å². The molecule has 5 atom stereocenters. The number of likely N-dealkylation sites (tertiary alicyclic amines) is 1. The fraction of sp³-hybridized carbons (Fsp3) is 0.385. The van der Waals surface area contributed by atoms with Gasteiger partial charge in [-0.25, -0.2) is 0 Å². The van der Waals surface area contributed by atoms with Crippen LogP contribution in [0.5, 0.6) is 5.75 Å². The highest BCUT2D eigenvalue weighted by Gasteiger charge is 2.44. The molecule has 4 aromatic carbocycles. The lowest BCUT2D eigenvalue weighted by Gasteiger charge is -2.47. The largest absolute Gasteiger partial charge is 0.488 e.